The molecule has 0 saturated carbocycles. The van der Waals surface area contributed by atoms with Crippen molar-refractivity contribution in [2.75, 3.05) is 6.54 Å². The second-order valence-electron chi connectivity index (χ2n) is 5.46. The van der Waals surface area contributed by atoms with Crippen molar-refractivity contribution >= 4 is 23.5 Å². The molecule has 0 aliphatic rings. The van der Waals surface area contributed by atoms with E-state index >= 15 is 0 Å². The van der Waals surface area contributed by atoms with Gasteiger partial charge in [0.25, 0.3) is 5.91 Å². The van der Waals surface area contributed by atoms with E-state index in [9.17, 15) is 14.7 Å². The standard InChI is InChI=1S/C14H21ClN2O3/c1-6-17(14(4,5)13(19)20)12(18)11-7-10(15)8-16(11)9(2)3/h7-9H,6H2,1-5H3,(H,19,20). The monoisotopic (exact) mass is 300 g/mol. The van der Waals surface area contributed by atoms with Gasteiger partial charge in [0.1, 0.15) is 11.2 Å². The van der Waals surface area contributed by atoms with Crippen molar-refractivity contribution in [2.45, 2.75) is 46.2 Å². The summed E-state index contributed by atoms with van der Waals surface area (Å²) in [7, 11) is 0. The number of carbonyl (C=O) groups excluding carboxylic acids is 1. The fourth-order valence-electron chi connectivity index (χ4n) is 2.09. The third-order valence-electron chi connectivity index (χ3n) is 3.35. The van der Waals surface area contributed by atoms with Crippen molar-refractivity contribution in [1.82, 2.24) is 9.47 Å². The zero-order valence-electron chi connectivity index (χ0n) is 12.5. The minimum atomic E-state index is -1.27. The van der Waals surface area contributed by atoms with Gasteiger partial charge in [0.2, 0.25) is 0 Å². The lowest BCUT2D eigenvalue weighted by molar-refractivity contribution is -0.147. The normalized spacial score (nSPS) is 11.8. The van der Waals surface area contributed by atoms with Crippen LogP contribution < -0.4 is 0 Å². The second kappa shape index (κ2) is 5.87. The van der Waals surface area contributed by atoms with Crippen LogP contribution in [0.15, 0.2) is 12.3 Å². The number of amides is 1. The molecule has 20 heavy (non-hydrogen) atoms. The Bertz CT molecular complexity index is 520. The zero-order chi connectivity index (χ0) is 15.7. The number of rotatable bonds is 5. The quantitative estimate of drug-likeness (QED) is 0.909. The summed E-state index contributed by atoms with van der Waals surface area (Å²) in [6.45, 7) is 8.96. The molecule has 0 atom stereocenters. The van der Waals surface area contributed by atoms with Crippen molar-refractivity contribution in [2.24, 2.45) is 0 Å². The molecule has 5 nitrogen and oxygen atoms in total. The lowest BCUT2D eigenvalue weighted by Crippen LogP contribution is -2.53. The summed E-state index contributed by atoms with van der Waals surface area (Å²) in [5.41, 5.74) is -0.870. The van der Waals surface area contributed by atoms with Crippen molar-refractivity contribution in [1.29, 1.82) is 0 Å². The first-order valence-corrected chi connectivity index (χ1v) is 6.93. The number of aromatic nitrogens is 1. The lowest BCUT2D eigenvalue weighted by atomic mass is 10.0. The van der Waals surface area contributed by atoms with Gasteiger partial charge in [-0.25, -0.2) is 4.79 Å². The highest BCUT2D eigenvalue weighted by atomic mass is 35.5. The first kappa shape index (κ1) is 16.6. The Labute approximate surface area is 124 Å². The van der Waals surface area contributed by atoms with E-state index in [1.807, 2.05) is 13.8 Å². The topological polar surface area (TPSA) is 62.5 Å². The van der Waals surface area contributed by atoms with E-state index < -0.39 is 11.5 Å². The summed E-state index contributed by atoms with van der Waals surface area (Å²) < 4.78 is 1.76. The number of carboxylic acids is 1. The van der Waals surface area contributed by atoms with Gasteiger partial charge in [-0.15, -0.1) is 0 Å². The van der Waals surface area contributed by atoms with Crippen molar-refractivity contribution in [3.8, 4) is 0 Å². The molecule has 1 rings (SSSR count). The highest BCUT2D eigenvalue weighted by Gasteiger charge is 2.38. The van der Waals surface area contributed by atoms with E-state index in [4.69, 9.17) is 11.6 Å². The number of hydrogen-bond acceptors (Lipinski definition) is 2. The fourth-order valence-corrected chi connectivity index (χ4v) is 2.30. The molecule has 0 saturated heterocycles. The van der Waals surface area contributed by atoms with E-state index in [1.54, 1.807) is 23.8 Å². The molecule has 1 heterocycles. The van der Waals surface area contributed by atoms with Crippen molar-refractivity contribution < 1.29 is 14.7 Å². The number of carbonyl (C=O) groups is 2. The Morgan fingerprint density at radius 2 is 2.00 bits per heavy atom. The van der Waals surface area contributed by atoms with Gasteiger partial charge in [-0.2, -0.15) is 0 Å². The summed E-state index contributed by atoms with van der Waals surface area (Å²) in [6, 6.07) is 1.64. The summed E-state index contributed by atoms with van der Waals surface area (Å²) >= 11 is 5.97. The van der Waals surface area contributed by atoms with Crippen LogP contribution in [0.2, 0.25) is 5.02 Å². The van der Waals surface area contributed by atoms with Gasteiger partial charge >= 0.3 is 5.97 Å². The smallest absolute Gasteiger partial charge is 0.329 e. The van der Waals surface area contributed by atoms with Crippen LogP contribution in [-0.2, 0) is 4.79 Å². The molecule has 1 aromatic heterocycles. The van der Waals surface area contributed by atoms with E-state index in [0.29, 0.717) is 17.3 Å². The molecular weight excluding hydrogens is 280 g/mol. The highest BCUT2D eigenvalue weighted by molar-refractivity contribution is 6.31. The van der Waals surface area contributed by atoms with Crippen LogP contribution in [-0.4, -0.2) is 38.5 Å². The number of hydrogen-bond donors (Lipinski definition) is 1. The highest BCUT2D eigenvalue weighted by Crippen LogP contribution is 2.24. The van der Waals surface area contributed by atoms with Crippen LogP contribution in [0.25, 0.3) is 0 Å². The van der Waals surface area contributed by atoms with E-state index in [0.717, 1.165) is 0 Å². The van der Waals surface area contributed by atoms with Gasteiger partial charge < -0.3 is 14.6 Å². The molecule has 1 N–H and O–H groups in total. The average Bonchev–Trinajstić information content (AvgIpc) is 2.71. The van der Waals surface area contributed by atoms with Gasteiger partial charge in [-0.05, 0) is 40.7 Å². The molecule has 1 aromatic rings. The van der Waals surface area contributed by atoms with E-state index in [-0.39, 0.29) is 11.9 Å². The molecule has 0 aliphatic heterocycles. The van der Waals surface area contributed by atoms with Crippen LogP contribution in [0.5, 0.6) is 0 Å². The van der Waals surface area contributed by atoms with Crippen molar-refractivity contribution in [3.63, 3.8) is 0 Å². The van der Waals surface area contributed by atoms with Crippen LogP contribution >= 0.6 is 11.6 Å². The molecule has 6 heteroatoms. The maximum Gasteiger partial charge on any atom is 0.329 e. The molecule has 0 radical (unpaired) electrons. The van der Waals surface area contributed by atoms with E-state index in [1.165, 1.54) is 18.7 Å². The molecule has 112 valence electrons. The Morgan fingerprint density at radius 1 is 1.45 bits per heavy atom. The van der Waals surface area contributed by atoms with Gasteiger partial charge in [-0.1, -0.05) is 11.6 Å². The maximum absolute atomic E-state index is 12.6. The number of carboxylic acid groups (broad SMARTS) is 1. The molecule has 0 aliphatic carbocycles. The predicted octanol–water partition coefficient (Wildman–Crippen LogP) is 3.05. The molecule has 0 aromatic carbocycles. The van der Waals surface area contributed by atoms with Crippen molar-refractivity contribution in [3.05, 3.63) is 23.0 Å². The largest absolute Gasteiger partial charge is 0.480 e. The molecule has 0 fully saturated rings. The summed E-state index contributed by atoms with van der Waals surface area (Å²) in [5, 5.41) is 9.76. The third kappa shape index (κ3) is 2.98. The minimum Gasteiger partial charge on any atom is -0.480 e. The Hall–Kier alpha value is -1.49. The Morgan fingerprint density at radius 3 is 2.40 bits per heavy atom. The maximum atomic E-state index is 12.6. The first-order valence-electron chi connectivity index (χ1n) is 6.55. The number of likely N-dealkylation sites (N-methyl/N-ethyl adjacent to an activating group) is 1. The number of nitrogens with zero attached hydrogens (tertiary/aromatic N) is 2. The molecule has 1 amide bonds. The third-order valence-corrected chi connectivity index (χ3v) is 3.56. The Kier molecular flexibility index (Phi) is 4.86. The van der Waals surface area contributed by atoms with Crippen LogP contribution in [0.3, 0.4) is 0 Å². The zero-order valence-corrected chi connectivity index (χ0v) is 13.2. The fraction of sp³-hybridized carbons (Fsp3) is 0.571. The summed E-state index contributed by atoms with van der Waals surface area (Å²) in [6.07, 6.45) is 1.68. The molecule has 0 unspecified atom stereocenters. The summed E-state index contributed by atoms with van der Waals surface area (Å²) in [5.74, 6) is -1.37. The predicted molar refractivity (Wildman–Crippen MR) is 78.3 cm³/mol. The second-order valence-corrected chi connectivity index (χ2v) is 5.89. The van der Waals surface area contributed by atoms with E-state index in [2.05, 4.69) is 0 Å². The molecule has 0 bridgehead atoms. The van der Waals surface area contributed by atoms with Gasteiger partial charge in [0.15, 0.2) is 0 Å². The van der Waals surface area contributed by atoms with Gasteiger partial charge in [0.05, 0.1) is 5.02 Å². The van der Waals surface area contributed by atoms with Crippen LogP contribution in [0, 0.1) is 0 Å². The van der Waals surface area contributed by atoms with Gasteiger partial charge in [-0.3, -0.25) is 4.79 Å². The number of aliphatic carboxylic acids is 1. The lowest BCUT2D eigenvalue weighted by Gasteiger charge is -2.34. The Balaban J connectivity index is 3.25. The number of halogens is 1. The van der Waals surface area contributed by atoms with Gasteiger partial charge in [0, 0.05) is 18.8 Å². The molecule has 0 spiro atoms. The minimum absolute atomic E-state index is 0.0631. The summed E-state index contributed by atoms with van der Waals surface area (Å²) in [4.78, 5) is 25.3. The first-order chi connectivity index (χ1) is 9.12. The van der Waals surface area contributed by atoms with Crippen LogP contribution in [0.1, 0.15) is 51.1 Å². The average molecular weight is 301 g/mol. The molecular formula is C14H21ClN2O3. The SMILES string of the molecule is CCN(C(=O)c1cc(Cl)cn1C(C)C)C(C)(C)C(=O)O. The van der Waals surface area contributed by atoms with Crippen LogP contribution in [0.4, 0.5) is 0 Å².